The van der Waals surface area contributed by atoms with Crippen molar-refractivity contribution in [1.82, 2.24) is 0 Å². The summed E-state index contributed by atoms with van der Waals surface area (Å²) < 4.78 is 15.9. The molecule has 2 atom stereocenters. The number of hydrogen-bond acceptors (Lipinski definition) is 5. The molecule has 120 valence electrons. The van der Waals surface area contributed by atoms with E-state index in [1.54, 1.807) is 31.4 Å². The number of benzene rings is 1. The molecule has 1 aromatic rings. The highest BCUT2D eigenvalue weighted by atomic mass is 16.7. The Bertz CT molecular complexity index is 553. The molecule has 1 N–H and O–H groups in total. The maximum absolute atomic E-state index is 11.7. The van der Waals surface area contributed by atoms with Gasteiger partial charge in [-0.3, -0.25) is 0 Å². The Morgan fingerprint density at radius 1 is 1.23 bits per heavy atom. The Labute approximate surface area is 130 Å². The van der Waals surface area contributed by atoms with Crippen LogP contribution in [0.5, 0.6) is 5.75 Å². The second-order valence-electron chi connectivity index (χ2n) is 6.36. The van der Waals surface area contributed by atoms with Gasteiger partial charge in [0, 0.05) is 11.8 Å². The molecule has 1 heterocycles. The van der Waals surface area contributed by atoms with Gasteiger partial charge in [0.1, 0.15) is 11.5 Å². The van der Waals surface area contributed by atoms with Crippen molar-refractivity contribution in [2.75, 3.05) is 7.11 Å². The summed E-state index contributed by atoms with van der Waals surface area (Å²) in [5.41, 5.74) is 0.400. The van der Waals surface area contributed by atoms with Crippen LogP contribution in [0.3, 0.4) is 0 Å². The average Bonchev–Trinajstić information content (AvgIpc) is 2.45. The number of carbonyl (C=O) groups excluding carboxylic acids is 1. The molecule has 22 heavy (non-hydrogen) atoms. The van der Waals surface area contributed by atoms with Gasteiger partial charge >= 0.3 is 5.97 Å². The van der Waals surface area contributed by atoms with Crippen LogP contribution >= 0.6 is 0 Å². The quantitative estimate of drug-likeness (QED) is 0.866. The van der Waals surface area contributed by atoms with Gasteiger partial charge in [-0.15, -0.1) is 0 Å². The predicted molar refractivity (Wildman–Crippen MR) is 81.1 cm³/mol. The molecule has 2 unspecified atom stereocenters. The minimum atomic E-state index is -0.760. The Balaban J connectivity index is 2.06. The van der Waals surface area contributed by atoms with E-state index in [1.807, 2.05) is 20.8 Å². The molecule has 0 bridgehead atoms. The number of hydrogen-bond donors (Lipinski definition) is 1. The van der Waals surface area contributed by atoms with E-state index in [-0.39, 0.29) is 11.8 Å². The Hall–Kier alpha value is -2.01. The van der Waals surface area contributed by atoms with Crippen LogP contribution in [0, 0.1) is 5.41 Å². The first-order valence-electron chi connectivity index (χ1n) is 7.19. The van der Waals surface area contributed by atoms with Crippen molar-refractivity contribution < 1.29 is 24.1 Å². The van der Waals surface area contributed by atoms with E-state index in [0.29, 0.717) is 5.76 Å². The first-order chi connectivity index (χ1) is 10.3. The minimum absolute atomic E-state index is 0.216. The van der Waals surface area contributed by atoms with Gasteiger partial charge in [0.05, 0.1) is 19.3 Å². The minimum Gasteiger partial charge on any atom is -0.497 e. The van der Waals surface area contributed by atoms with Crippen molar-refractivity contribution >= 4 is 5.97 Å². The van der Waals surface area contributed by atoms with Crippen molar-refractivity contribution in [3.63, 3.8) is 0 Å². The summed E-state index contributed by atoms with van der Waals surface area (Å²) in [6.07, 6.45) is 0.0925. The molecule has 0 fully saturated rings. The van der Waals surface area contributed by atoms with E-state index in [4.69, 9.17) is 14.2 Å². The van der Waals surface area contributed by atoms with Crippen LogP contribution in [-0.2, 0) is 14.3 Å². The number of cyclic esters (lactones) is 1. The second-order valence-corrected chi connectivity index (χ2v) is 6.36. The fourth-order valence-electron chi connectivity index (χ4n) is 2.06. The van der Waals surface area contributed by atoms with Crippen LogP contribution in [0.15, 0.2) is 36.1 Å². The van der Waals surface area contributed by atoms with Gasteiger partial charge in [-0.2, -0.15) is 0 Å². The number of carbonyl (C=O) groups is 1. The molecular formula is C17H22O5. The number of methoxy groups -OCH3 is 1. The lowest BCUT2D eigenvalue weighted by molar-refractivity contribution is -0.196. The van der Waals surface area contributed by atoms with Crippen molar-refractivity contribution in [2.45, 2.75) is 39.6 Å². The summed E-state index contributed by atoms with van der Waals surface area (Å²) in [6.45, 7) is 5.77. The van der Waals surface area contributed by atoms with Gasteiger partial charge in [-0.05, 0) is 17.7 Å². The Morgan fingerprint density at radius 3 is 2.41 bits per heavy atom. The van der Waals surface area contributed by atoms with Crippen LogP contribution in [0.4, 0.5) is 0 Å². The zero-order valence-electron chi connectivity index (χ0n) is 13.3. The molecule has 0 aliphatic carbocycles. The smallest absolute Gasteiger partial charge is 0.337 e. The molecular weight excluding hydrogens is 284 g/mol. The first-order valence-corrected chi connectivity index (χ1v) is 7.19. The fraction of sp³-hybridized carbons (Fsp3) is 0.471. The molecule has 0 saturated heterocycles. The van der Waals surface area contributed by atoms with Gasteiger partial charge in [0.15, 0.2) is 0 Å². The monoisotopic (exact) mass is 306 g/mol. The largest absolute Gasteiger partial charge is 0.497 e. The van der Waals surface area contributed by atoms with Crippen LogP contribution in [0.2, 0.25) is 0 Å². The molecule has 0 radical (unpaired) electrons. The van der Waals surface area contributed by atoms with Crippen molar-refractivity contribution in [3.8, 4) is 5.75 Å². The summed E-state index contributed by atoms with van der Waals surface area (Å²) in [7, 11) is 1.59. The first kappa shape index (κ1) is 16.4. The van der Waals surface area contributed by atoms with Crippen LogP contribution in [0.25, 0.3) is 0 Å². The molecule has 2 rings (SSSR count). The SMILES string of the molecule is COc1ccc(C(O)CC2=CC(=O)OC(C(C)(C)C)O2)cc1. The third-order valence-electron chi connectivity index (χ3n) is 3.36. The fourth-order valence-corrected chi connectivity index (χ4v) is 2.06. The maximum atomic E-state index is 11.7. The van der Waals surface area contributed by atoms with E-state index in [2.05, 4.69) is 0 Å². The van der Waals surface area contributed by atoms with Gasteiger partial charge in [-0.25, -0.2) is 4.79 Å². The zero-order chi connectivity index (χ0) is 16.3. The summed E-state index contributed by atoms with van der Waals surface area (Å²) in [6, 6.07) is 7.13. The lowest BCUT2D eigenvalue weighted by Crippen LogP contribution is -2.36. The highest BCUT2D eigenvalue weighted by Crippen LogP contribution is 2.32. The molecule has 0 spiro atoms. The summed E-state index contributed by atoms with van der Waals surface area (Å²) >= 11 is 0. The van der Waals surface area contributed by atoms with Crippen molar-refractivity contribution in [2.24, 2.45) is 5.41 Å². The summed E-state index contributed by atoms with van der Waals surface area (Å²) in [4.78, 5) is 11.7. The molecule has 0 saturated carbocycles. The predicted octanol–water partition coefficient (Wildman–Crippen LogP) is 2.95. The average molecular weight is 306 g/mol. The Morgan fingerprint density at radius 2 is 1.86 bits per heavy atom. The molecule has 1 aliphatic heterocycles. The molecule has 5 heteroatoms. The van der Waals surface area contributed by atoms with Gasteiger partial charge < -0.3 is 19.3 Å². The van der Waals surface area contributed by atoms with E-state index in [0.717, 1.165) is 11.3 Å². The lowest BCUT2D eigenvalue weighted by atomic mass is 9.95. The lowest BCUT2D eigenvalue weighted by Gasteiger charge is -2.33. The third kappa shape index (κ3) is 4.01. The molecule has 0 aromatic heterocycles. The number of aliphatic hydroxyl groups is 1. The van der Waals surface area contributed by atoms with Gasteiger partial charge in [-0.1, -0.05) is 32.9 Å². The summed E-state index contributed by atoms with van der Waals surface area (Å²) in [5, 5.41) is 10.3. The molecule has 1 aliphatic rings. The van der Waals surface area contributed by atoms with E-state index in [1.165, 1.54) is 6.08 Å². The molecule has 0 amide bonds. The normalized spacial score (nSPS) is 19.8. The number of ether oxygens (including phenoxy) is 3. The maximum Gasteiger partial charge on any atom is 0.337 e. The van der Waals surface area contributed by atoms with E-state index >= 15 is 0 Å². The topological polar surface area (TPSA) is 65.0 Å². The van der Waals surface area contributed by atoms with Crippen LogP contribution in [0.1, 0.15) is 38.9 Å². The summed E-state index contributed by atoms with van der Waals surface area (Å²) in [5.74, 6) is 0.711. The van der Waals surface area contributed by atoms with Gasteiger partial charge in [0.25, 0.3) is 0 Å². The molecule has 1 aromatic carbocycles. The van der Waals surface area contributed by atoms with Crippen molar-refractivity contribution in [1.29, 1.82) is 0 Å². The Kier molecular flexibility index (Phi) is 4.76. The highest BCUT2D eigenvalue weighted by Gasteiger charge is 2.34. The zero-order valence-corrected chi connectivity index (χ0v) is 13.3. The third-order valence-corrected chi connectivity index (χ3v) is 3.36. The van der Waals surface area contributed by atoms with E-state index < -0.39 is 18.4 Å². The van der Waals surface area contributed by atoms with Crippen LogP contribution in [-0.4, -0.2) is 24.5 Å². The highest BCUT2D eigenvalue weighted by molar-refractivity contribution is 5.83. The number of aliphatic hydroxyl groups excluding tert-OH is 1. The van der Waals surface area contributed by atoms with E-state index in [9.17, 15) is 9.90 Å². The second kappa shape index (κ2) is 6.40. The van der Waals surface area contributed by atoms with Crippen molar-refractivity contribution in [3.05, 3.63) is 41.7 Å². The molecule has 5 nitrogen and oxygen atoms in total. The van der Waals surface area contributed by atoms with Gasteiger partial charge in [0.2, 0.25) is 6.29 Å². The standard InChI is InChI=1S/C17H22O5/c1-17(2,3)16-21-13(10-15(19)22-16)9-14(18)11-5-7-12(20-4)8-6-11/h5-8,10,14,16,18H,9H2,1-4H3. The van der Waals surface area contributed by atoms with Crippen LogP contribution < -0.4 is 4.74 Å². The number of esters is 1. The number of rotatable bonds is 4.